The molecule has 0 fully saturated rings. The summed E-state index contributed by atoms with van der Waals surface area (Å²) in [5.41, 5.74) is -0.202. The fourth-order valence-corrected chi connectivity index (χ4v) is 1.64. The second-order valence-corrected chi connectivity index (χ2v) is 4.18. The number of aromatic nitrogens is 2. The van der Waals surface area contributed by atoms with E-state index in [0.717, 1.165) is 12.1 Å². The Morgan fingerprint density at radius 3 is 2.50 bits per heavy atom. The van der Waals surface area contributed by atoms with Crippen LogP contribution >= 0.6 is 0 Å². The molecule has 20 heavy (non-hydrogen) atoms. The van der Waals surface area contributed by atoms with Crippen molar-refractivity contribution in [2.24, 2.45) is 0 Å². The summed E-state index contributed by atoms with van der Waals surface area (Å²) < 4.78 is 37.1. The average molecular weight is 283 g/mol. The largest absolute Gasteiger partial charge is 0.416 e. The molecule has 0 saturated heterocycles. The summed E-state index contributed by atoms with van der Waals surface area (Å²) in [4.78, 5) is 18.4. The molecule has 7 heteroatoms. The van der Waals surface area contributed by atoms with Gasteiger partial charge in [0.05, 0.1) is 18.5 Å². The van der Waals surface area contributed by atoms with Crippen LogP contribution < -0.4 is 5.32 Å². The van der Waals surface area contributed by atoms with Crippen molar-refractivity contribution in [1.82, 2.24) is 15.3 Å². The van der Waals surface area contributed by atoms with E-state index in [0.29, 0.717) is 11.4 Å². The van der Waals surface area contributed by atoms with Gasteiger partial charge in [0.25, 0.3) is 0 Å². The number of hydrogen-bond donors (Lipinski definition) is 2. The van der Waals surface area contributed by atoms with Crippen molar-refractivity contribution in [3.05, 3.63) is 53.6 Å². The highest BCUT2D eigenvalue weighted by molar-refractivity contribution is 5.78. The van der Waals surface area contributed by atoms with Crippen LogP contribution in [0.15, 0.2) is 36.7 Å². The molecule has 0 aliphatic heterocycles. The molecule has 1 aromatic heterocycles. The van der Waals surface area contributed by atoms with Crippen LogP contribution in [-0.4, -0.2) is 15.9 Å². The molecule has 0 aliphatic carbocycles. The summed E-state index contributed by atoms with van der Waals surface area (Å²) in [6.07, 6.45) is -1.13. The van der Waals surface area contributed by atoms with Gasteiger partial charge in [-0.1, -0.05) is 12.1 Å². The molecule has 0 radical (unpaired) electrons. The van der Waals surface area contributed by atoms with Crippen LogP contribution in [0.1, 0.15) is 17.0 Å². The van der Waals surface area contributed by atoms with Gasteiger partial charge in [0, 0.05) is 12.4 Å². The lowest BCUT2D eigenvalue weighted by Gasteiger charge is -2.07. The van der Waals surface area contributed by atoms with Gasteiger partial charge in [-0.3, -0.25) is 4.79 Å². The summed E-state index contributed by atoms with van der Waals surface area (Å²) >= 11 is 0. The monoisotopic (exact) mass is 283 g/mol. The predicted molar refractivity (Wildman–Crippen MR) is 65.6 cm³/mol. The average Bonchev–Trinajstić information content (AvgIpc) is 2.89. The van der Waals surface area contributed by atoms with E-state index in [2.05, 4.69) is 15.3 Å². The van der Waals surface area contributed by atoms with Crippen molar-refractivity contribution < 1.29 is 18.0 Å². The number of alkyl halides is 3. The van der Waals surface area contributed by atoms with E-state index in [9.17, 15) is 18.0 Å². The second-order valence-electron chi connectivity index (χ2n) is 4.18. The maximum atomic E-state index is 12.4. The molecule has 2 N–H and O–H groups in total. The maximum absolute atomic E-state index is 12.4. The third-order valence-corrected chi connectivity index (χ3v) is 2.65. The smallest absolute Gasteiger partial charge is 0.349 e. The van der Waals surface area contributed by atoms with Gasteiger partial charge >= 0.3 is 6.18 Å². The fraction of sp³-hybridized carbons (Fsp3) is 0.231. The summed E-state index contributed by atoms with van der Waals surface area (Å²) in [5, 5.41) is 2.62. The van der Waals surface area contributed by atoms with E-state index in [1.807, 2.05) is 0 Å². The highest BCUT2D eigenvalue weighted by atomic mass is 19.4. The first kappa shape index (κ1) is 14.1. The number of carbonyl (C=O) groups excluding carboxylic acids is 1. The van der Waals surface area contributed by atoms with Crippen molar-refractivity contribution in [2.75, 3.05) is 0 Å². The highest BCUT2D eigenvalue weighted by Crippen LogP contribution is 2.29. The van der Waals surface area contributed by atoms with E-state index in [1.54, 1.807) is 12.4 Å². The molecule has 4 nitrogen and oxygen atoms in total. The third kappa shape index (κ3) is 3.84. The van der Waals surface area contributed by atoms with Gasteiger partial charge in [0.15, 0.2) is 0 Å². The van der Waals surface area contributed by atoms with Crippen LogP contribution in [-0.2, 0) is 23.9 Å². The first-order valence-electron chi connectivity index (χ1n) is 5.86. The van der Waals surface area contributed by atoms with Gasteiger partial charge in [-0.2, -0.15) is 13.2 Å². The van der Waals surface area contributed by atoms with E-state index < -0.39 is 11.7 Å². The van der Waals surface area contributed by atoms with Gasteiger partial charge in [-0.25, -0.2) is 4.98 Å². The van der Waals surface area contributed by atoms with Crippen molar-refractivity contribution in [1.29, 1.82) is 0 Å². The number of imidazole rings is 1. The minimum atomic E-state index is -4.36. The van der Waals surface area contributed by atoms with Gasteiger partial charge in [-0.15, -0.1) is 0 Å². The Bertz CT molecular complexity index is 562. The molecule has 1 heterocycles. The van der Waals surface area contributed by atoms with Crippen LogP contribution in [0, 0.1) is 0 Å². The highest BCUT2D eigenvalue weighted by Gasteiger charge is 2.29. The molecule has 0 bridgehead atoms. The van der Waals surface area contributed by atoms with Crippen molar-refractivity contribution in [3.63, 3.8) is 0 Å². The molecule has 0 aliphatic rings. The Morgan fingerprint density at radius 1 is 1.25 bits per heavy atom. The Balaban J connectivity index is 1.88. The fourth-order valence-electron chi connectivity index (χ4n) is 1.64. The minimum absolute atomic E-state index is 0.0266. The zero-order valence-electron chi connectivity index (χ0n) is 10.4. The van der Waals surface area contributed by atoms with E-state index in [-0.39, 0.29) is 18.9 Å². The van der Waals surface area contributed by atoms with Crippen LogP contribution in [0.5, 0.6) is 0 Å². The quantitative estimate of drug-likeness (QED) is 0.904. The molecular formula is C13H12F3N3O. The molecule has 0 spiro atoms. The number of benzene rings is 1. The standard InChI is InChI=1S/C13H12F3N3O/c14-13(15,16)10-3-1-9(2-4-10)7-12(20)19-8-11-17-5-6-18-11/h1-6H,7-8H2,(H,17,18)(H,19,20). The number of amides is 1. The predicted octanol–water partition coefficient (Wildman–Crippen LogP) is 2.29. The van der Waals surface area contributed by atoms with Crippen LogP contribution in [0.3, 0.4) is 0 Å². The van der Waals surface area contributed by atoms with Gasteiger partial charge in [0.2, 0.25) is 5.91 Å². The molecule has 1 aromatic carbocycles. The van der Waals surface area contributed by atoms with E-state index in [4.69, 9.17) is 0 Å². The van der Waals surface area contributed by atoms with Gasteiger partial charge in [-0.05, 0) is 17.7 Å². The Morgan fingerprint density at radius 2 is 1.95 bits per heavy atom. The molecule has 2 rings (SSSR count). The lowest BCUT2D eigenvalue weighted by atomic mass is 10.1. The summed E-state index contributed by atoms with van der Waals surface area (Å²) in [6, 6.07) is 4.54. The number of hydrogen-bond acceptors (Lipinski definition) is 2. The van der Waals surface area contributed by atoms with Crippen LogP contribution in [0.4, 0.5) is 13.2 Å². The zero-order valence-corrected chi connectivity index (χ0v) is 10.4. The number of H-pyrrole nitrogens is 1. The van der Waals surface area contributed by atoms with Crippen molar-refractivity contribution in [3.8, 4) is 0 Å². The van der Waals surface area contributed by atoms with Crippen molar-refractivity contribution >= 4 is 5.91 Å². The van der Waals surface area contributed by atoms with Gasteiger partial charge in [0.1, 0.15) is 5.82 Å². The maximum Gasteiger partial charge on any atom is 0.416 e. The Hall–Kier alpha value is -2.31. The van der Waals surface area contributed by atoms with E-state index >= 15 is 0 Å². The number of carbonyl (C=O) groups is 1. The molecule has 0 atom stereocenters. The first-order chi connectivity index (χ1) is 9.45. The molecule has 0 unspecified atom stereocenters. The number of nitrogens with zero attached hydrogens (tertiary/aromatic N) is 1. The number of nitrogens with one attached hydrogen (secondary N) is 2. The Labute approximate surface area is 113 Å². The molecule has 0 saturated carbocycles. The third-order valence-electron chi connectivity index (χ3n) is 2.65. The number of rotatable bonds is 4. The molecule has 1 amide bonds. The lowest BCUT2D eigenvalue weighted by molar-refractivity contribution is -0.137. The minimum Gasteiger partial charge on any atom is -0.349 e. The number of halogens is 3. The zero-order chi connectivity index (χ0) is 14.6. The molecule has 2 aromatic rings. The second kappa shape index (κ2) is 5.77. The normalized spacial score (nSPS) is 11.3. The van der Waals surface area contributed by atoms with Crippen molar-refractivity contribution in [2.45, 2.75) is 19.1 Å². The van der Waals surface area contributed by atoms with Crippen LogP contribution in [0.2, 0.25) is 0 Å². The first-order valence-corrected chi connectivity index (χ1v) is 5.86. The van der Waals surface area contributed by atoms with E-state index in [1.165, 1.54) is 12.1 Å². The summed E-state index contributed by atoms with van der Waals surface area (Å²) in [7, 11) is 0. The molecular weight excluding hydrogens is 271 g/mol. The number of aromatic amines is 1. The van der Waals surface area contributed by atoms with Gasteiger partial charge < -0.3 is 10.3 Å². The van der Waals surface area contributed by atoms with Crippen LogP contribution in [0.25, 0.3) is 0 Å². The lowest BCUT2D eigenvalue weighted by Crippen LogP contribution is -2.25. The SMILES string of the molecule is O=C(Cc1ccc(C(F)(F)F)cc1)NCc1ncc[nH]1. The topological polar surface area (TPSA) is 57.8 Å². The Kier molecular flexibility index (Phi) is 4.07. The molecule has 106 valence electrons. The summed E-state index contributed by atoms with van der Waals surface area (Å²) in [6.45, 7) is 0.256. The summed E-state index contributed by atoms with van der Waals surface area (Å²) in [5.74, 6) is 0.340.